The molecule has 9 heteroatoms. The number of aryl methyl sites for hydroxylation is 2. The van der Waals surface area contributed by atoms with E-state index in [2.05, 4.69) is 159 Å². The number of carboxylic acids is 2. The number of rotatable bonds is 18. The highest BCUT2D eigenvalue weighted by Crippen LogP contribution is 2.36. The average Bonchev–Trinajstić information content (AvgIpc) is 3.94. The Morgan fingerprint density at radius 1 is 0.580 bits per heavy atom. The molecular weight excluding hydrogens is 855 g/mol. The van der Waals surface area contributed by atoms with E-state index >= 15 is 0 Å². The first-order valence-corrected chi connectivity index (χ1v) is 22.9. The van der Waals surface area contributed by atoms with Crippen molar-refractivity contribution in [3.8, 4) is 6.07 Å². The van der Waals surface area contributed by atoms with E-state index in [1.54, 1.807) is 6.07 Å². The zero-order valence-corrected chi connectivity index (χ0v) is 39.2. The second-order valence-electron chi connectivity index (χ2n) is 16.6. The maximum Gasteiger partial charge on any atom is 0.346 e. The van der Waals surface area contributed by atoms with Crippen molar-refractivity contribution in [3.63, 3.8) is 0 Å². The second-order valence-corrected chi connectivity index (χ2v) is 16.6. The summed E-state index contributed by atoms with van der Waals surface area (Å²) in [5, 5.41) is 28.3. The summed E-state index contributed by atoms with van der Waals surface area (Å²) >= 11 is 0. The Balaban J connectivity index is 1.23. The minimum atomic E-state index is -1.25. The predicted molar refractivity (Wildman–Crippen MR) is 281 cm³/mol. The first kappa shape index (κ1) is 48.0. The lowest BCUT2D eigenvalue weighted by molar-refractivity contribution is -0.133. The molecule has 9 nitrogen and oxygen atoms in total. The monoisotopic (exact) mass is 907 g/mol. The van der Waals surface area contributed by atoms with Gasteiger partial charge in [-0.25, -0.2) is 9.64 Å². The Hall–Kier alpha value is -8.92. The van der Waals surface area contributed by atoms with Gasteiger partial charge in [-0.15, -0.1) is 0 Å². The van der Waals surface area contributed by atoms with Gasteiger partial charge in [0.1, 0.15) is 11.6 Å². The van der Waals surface area contributed by atoms with E-state index in [1.807, 2.05) is 63.8 Å². The van der Waals surface area contributed by atoms with E-state index in [-0.39, 0.29) is 11.3 Å². The Morgan fingerprint density at radius 3 is 1.52 bits per heavy atom. The summed E-state index contributed by atoms with van der Waals surface area (Å²) in [4.78, 5) is 28.6. The molecule has 2 heterocycles. The van der Waals surface area contributed by atoms with Gasteiger partial charge in [0.2, 0.25) is 0 Å². The van der Waals surface area contributed by atoms with Crippen LogP contribution in [-0.2, 0) is 22.7 Å². The molecule has 342 valence electrons. The summed E-state index contributed by atoms with van der Waals surface area (Å²) < 4.78 is 4.04. The standard InChI is InChI=1S/C60H53N5O4/c1-6-35-63-50(31-33-55(63)39-49(41-61)59(66)67)23-14-44-16-25-52(26-17-44)65(53-27-18-45(19-28-53)15-24-51-32-34-56(64(51)36-7-2)40-58(62-5)60(68)69)54-29-20-46(21-30-54)38-57(47-11-9-8-10-12-47)48-22-13-42(3)43(4)37-48/h8-34,37-40H,6-7,35-36H2,1-4H3,(H,66,67)(H,68,69). The number of aromatic nitrogens is 2. The van der Waals surface area contributed by atoms with Gasteiger partial charge in [0, 0.05) is 52.9 Å². The van der Waals surface area contributed by atoms with Crippen LogP contribution in [0.15, 0.2) is 157 Å². The first-order chi connectivity index (χ1) is 33.5. The molecule has 0 aliphatic carbocycles. The molecule has 0 spiro atoms. The predicted octanol–water partition coefficient (Wildman–Crippen LogP) is 14.5. The molecule has 7 aromatic rings. The number of hydrogen-bond acceptors (Lipinski definition) is 4. The van der Waals surface area contributed by atoms with Gasteiger partial charge in [0.05, 0.1) is 6.57 Å². The fourth-order valence-electron chi connectivity index (χ4n) is 8.10. The van der Waals surface area contributed by atoms with Crippen LogP contribution >= 0.6 is 0 Å². The second kappa shape index (κ2) is 22.5. The number of hydrogen-bond donors (Lipinski definition) is 2. The van der Waals surface area contributed by atoms with Gasteiger partial charge in [-0.1, -0.05) is 111 Å². The number of nitrogens with zero attached hydrogens (tertiary/aromatic N) is 5. The Kier molecular flexibility index (Phi) is 15.7. The molecule has 0 aliphatic heterocycles. The lowest BCUT2D eigenvalue weighted by Gasteiger charge is -2.26. The van der Waals surface area contributed by atoms with Crippen molar-refractivity contribution < 1.29 is 19.8 Å². The molecule has 0 radical (unpaired) electrons. The first-order valence-electron chi connectivity index (χ1n) is 22.9. The summed E-state index contributed by atoms with van der Waals surface area (Å²) in [5.74, 6) is -2.50. The molecule has 0 aliphatic rings. The lowest BCUT2D eigenvalue weighted by Crippen LogP contribution is -2.09. The van der Waals surface area contributed by atoms with Crippen LogP contribution in [0.3, 0.4) is 0 Å². The minimum absolute atomic E-state index is 0.314. The fourth-order valence-corrected chi connectivity index (χ4v) is 8.10. The van der Waals surface area contributed by atoms with E-state index < -0.39 is 11.9 Å². The van der Waals surface area contributed by atoms with Crippen molar-refractivity contribution in [2.24, 2.45) is 0 Å². The Morgan fingerprint density at radius 2 is 1.07 bits per heavy atom. The zero-order valence-electron chi connectivity index (χ0n) is 39.2. The molecule has 5 aromatic carbocycles. The quantitative estimate of drug-likeness (QED) is 0.0383. The third-order valence-corrected chi connectivity index (χ3v) is 11.8. The molecule has 2 aromatic heterocycles. The van der Waals surface area contributed by atoms with Crippen LogP contribution in [0.5, 0.6) is 0 Å². The largest absolute Gasteiger partial charge is 0.486 e. The van der Waals surface area contributed by atoms with Gasteiger partial charge in [0.25, 0.3) is 5.70 Å². The number of aliphatic carboxylic acids is 2. The van der Waals surface area contributed by atoms with Crippen LogP contribution in [0.1, 0.15) is 88.4 Å². The van der Waals surface area contributed by atoms with Gasteiger partial charge in [0.15, 0.2) is 0 Å². The van der Waals surface area contributed by atoms with E-state index in [4.69, 9.17) is 6.57 Å². The molecule has 0 saturated heterocycles. The number of anilines is 3. The molecule has 7 rings (SSSR count). The third kappa shape index (κ3) is 11.7. The summed E-state index contributed by atoms with van der Waals surface area (Å²) in [6.07, 6.45) is 14.8. The molecule has 2 N–H and O–H groups in total. The maximum absolute atomic E-state index is 11.6. The Labute approximate surface area is 404 Å². The van der Waals surface area contributed by atoms with Gasteiger partial charge < -0.3 is 24.2 Å². The molecule has 0 saturated carbocycles. The number of nitriles is 1. The summed E-state index contributed by atoms with van der Waals surface area (Å²) in [6, 6.07) is 51.6. The van der Waals surface area contributed by atoms with Crippen molar-refractivity contribution in [1.29, 1.82) is 5.26 Å². The van der Waals surface area contributed by atoms with Crippen molar-refractivity contribution in [1.82, 2.24) is 9.13 Å². The van der Waals surface area contributed by atoms with Crippen LogP contribution in [0.2, 0.25) is 0 Å². The number of benzene rings is 5. The van der Waals surface area contributed by atoms with Gasteiger partial charge in [-0.3, -0.25) is 4.79 Å². The van der Waals surface area contributed by atoms with E-state index in [9.17, 15) is 25.1 Å². The SMILES string of the molecule is [C-]#[N+]C(=Cc1ccc(C=Cc2ccc(N(c3ccc(C=Cc4ccc(C=C(C#N)C(=O)O)n4CCC)cc3)c3ccc(C=C(c4ccccc4)c4ccc(C)c(C)c4)cc3)cc2)n1CCC)C(=O)O. The molecule has 69 heavy (non-hydrogen) atoms. The van der Waals surface area contributed by atoms with Crippen LogP contribution in [0.25, 0.3) is 53.0 Å². The summed E-state index contributed by atoms with van der Waals surface area (Å²) in [6.45, 7) is 17.0. The van der Waals surface area contributed by atoms with Crippen molar-refractivity contribution in [2.75, 3.05) is 4.90 Å². The van der Waals surface area contributed by atoms with Crippen molar-refractivity contribution in [3.05, 3.63) is 230 Å². The maximum atomic E-state index is 11.6. The molecule has 0 unspecified atom stereocenters. The lowest BCUT2D eigenvalue weighted by atomic mass is 9.93. The molecule has 0 bridgehead atoms. The van der Waals surface area contributed by atoms with Crippen LogP contribution in [-0.4, -0.2) is 31.3 Å². The molecule has 0 fully saturated rings. The van der Waals surface area contributed by atoms with Crippen LogP contribution in [0.4, 0.5) is 17.1 Å². The summed E-state index contributed by atoms with van der Waals surface area (Å²) in [7, 11) is 0. The molecular formula is C60H53N5O4. The normalized spacial score (nSPS) is 12.1. The average molecular weight is 908 g/mol. The van der Waals surface area contributed by atoms with Gasteiger partial charge >= 0.3 is 11.9 Å². The number of carboxylic acid groups (broad SMARTS) is 2. The smallest absolute Gasteiger partial charge is 0.346 e. The van der Waals surface area contributed by atoms with Gasteiger partial charge in [-0.2, -0.15) is 5.26 Å². The topological polar surface area (TPSA) is 116 Å². The summed E-state index contributed by atoms with van der Waals surface area (Å²) in [5.41, 5.74) is 14.3. The van der Waals surface area contributed by atoms with Crippen LogP contribution in [0, 0.1) is 31.8 Å². The Bertz CT molecular complexity index is 3060. The van der Waals surface area contributed by atoms with Crippen LogP contribution < -0.4 is 4.90 Å². The molecule has 0 amide bonds. The highest BCUT2D eigenvalue weighted by molar-refractivity contribution is 5.96. The fraction of sp³-hybridized carbons (Fsp3) is 0.133. The van der Waals surface area contributed by atoms with Gasteiger partial charge in [-0.05, 0) is 162 Å². The third-order valence-electron chi connectivity index (χ3n) is 11.8. The van der Waals surface area contributed by atoms with Crippen molar-refractivity contribution >= 4 is 77.1 Å². The van der Waals surface area contributed by atoms with E-state index in [1.165, 1.54) is 23.3 Å². The van der Waals surface area contributed by atoms with E-state index in [0.717, 1.165) is 74.7 Å². The highest BCUT2D eigenvalue weighted by atomic mass is 16.4. The minimum Gasteiger partial charge on any atom is -0.486 e. The number of carbonyl (C=O) groups is 2. The van der Waals surface area contributed by atoms with Crippen molar-refractivity contribution in [2.45, 2.75) is 53.6 Å². The molecule has 0 atom stereocenters. The zero-order chi connectivity index (χ0) is 48.9. The van der Waals surface area contributed by atoms with E-state index in [0.29, 0.717) is 24.5 Å². The highest BCUT2D eigenvalue weighted by Gasteiger charge is 2.15.